The smallest absolute Gasteiger partial charge is 0.0176 e. The van der Waals surface area contributed by atoms with Gasteiger partial charge in [0, 0.05) is 0 Å². The molecular weight excluding hydrogens is 252 g/mol. The summed E-state index contributed by atoms with van der Waals surface area (Å²) in [4.78, 5) is 0. The summed E-state index contributed by atoms with van der Waals surface area (Å²) in [6.45, 7) is 28.5. The molecular formula is C21H38. The normalized spacial score (nSPS) is 59.3. The van der Waals surface area contributed by atoms with Gasteiger partial charge in [0.25, 0.3) is 0 Å². The molecule has 0 N–H and O–H groups in total. The Morgan fingerprint density at radius 2 is 1.10 bits per heavy atom. The lowest BCUT2D eigenvalue weighted by atomic mass is 9.36. The van der Waals surface area contributed by atoms with Crippen LogP contribution >= 0.6 is 0 Å². The second-order valence-electron chi connectivity index (χ2n) is 11.3. The molecule has 21 heavy (non-hydrogen) atoms. The Morgan fingerprint density at radius 3 is 1.52 bits per heavy atom. The Kier molecular flexibility index (Phi) is 2.58. The summed E-state index contributed by atoms with van der Waals surface area (Å²) in [7, 11) is 0. The molecule has 0 heteroatoms. The van der Waals surface area contributed by atoms with E-state index in [-0.39, 0.29) is 0 Å². The van der Waals surface area contributed by atoms with Gasteiger partial charge in [-0.3, -0.25) is 0 Å². The second-order valence-corrected chi connectivity index (χ2v) is 11.3. The maximum absolute atomic E-state index is 2.67. The maximum Gasteiger partial charge on any atom is -0.0176 e. The average Bonchev–Trinajstić information content (AvgIpc) is 2.48. The molecule has 3 fully saturated rings. The van der Waals surface area contributed by atoms with Crippen LogP contribution < -0.4 is 0 Å². The quantitative estimate of drug-likeness (QED) is 0.484. The minimum atomic E-state index is 0.394. The van der Waals surface area contributed by atoms with Gasteiger partial charge < -0.3 is 0 Å². The van der Waals surface area contributed by atoms with Crippen molar-refractivity contribution >= 4 is 0 Å². The van der Waals surface area contributed by atoms with Gasteiger partial charge in [-0.25, -0.2) is 0 Å². The summed E-state index contributed by atoms with van der Waals surface area (Å²) < 4.78 is 0. The van der Waals surface area contributed by atoms with E-state index < -0.39 is 0 Å². The molecule has 0 aromatic rings. The third kappa shape index (κ3) is 1.09. The predicted octanol–water partition coefficient (Wildman–Crippen LogP) is 6.40. The van der Waals surface area contributed by atoms with E-state index in [1.807, 2.05) is 0 Å². The highest BCUT2D eigenvalue weighted by atomic mass is 14.9. The van der Waals surface area contributed by atoms with E-state index in [1.54, 1.807) is 0 Å². The minimum absolute atomic E-state index is 0.394. The zero-order valence-corrected chi connectivity index (χ0v) is 16.4. The average molecular weight is 291 g/mol. The van der Waals surface area contributed by atoms with Crippen LogP contribution in [-0.4, -0.2) is 0 Å². The van der Waals surface area contributed by atoms with Crippen LogP contribution in [0.25, 0.3) is 0 Å². The van der Waals surface area contributed by atoms with Crippen molar-refractivity contribution in [2.45, 2.75) is 82.6 Å². The lowest BCUT2D eigenvalue weighted by molar-refractivity contribution is -0.208. The van der Waals surface area contributed by atoms with Crippen LogP contribution in [0.1, 0.15) is 82.6 Å². The summed E-state index contributed by atoms with van der Waals surface area (Å²) in [5, 5.41) is 0. The fraction of sp³-hybridized carbons (Fsp3) is 1.00. The molecule has 0 saturated heterocycles. The van der Waals surface area contributed by atoms with Crippen molar-refractivity contribution in [3.63, 3.8) is 0 Å². The standard InChI is InChI=1S/C21H38/c1-13-15-14(2)20(10)17(5,6)19(9,12-16(13,3)4)21(15,11)18(20,7)8/h13-15H,12H2,1-11H3. The molecule has 0 nitrogen and oxygen atoms in total. The van der Waals surface area contributed by atoms with Crippen LogP contribution in [0.4, 0.5) is 0 Å². The molecule has 3 rings (SSSR count). The molecule has 0 aromatic carbocycles. The van der Waals surface area contributed by atoms with Crippen molar-refractivity contribution in [1.82, 2.24) is 0 Å². The maximum atomic E-state index is 2.67. The first-order valence-electron chi connectivity index (χ1n) is 9.14. The molecule has 3 aliphatic rings. The van der Waals surface area contributed by atoms with Crippen molar-refractivity contribution in [2.24, 2.45) is 50.2 Å². The molecule has 0 heterocycles. The Morgan fingerprint density at radius 1 is 0.619 bits per heavy atom. The zero-order chi connectivity index (χ0) is 16.4. The Hall–Kier alpha value is 0. The molecule has 122 valence electrons. The van der Waals surface area contributed by atoms with Crippen molar-refractivity contribution in [3.05, 3.63) is 0 Å². The monoisotopic (exact) mass is 290 g/mol. The van der Waals surface area contributed by atoms with E-state index in [0.29, 0.717) is 32.5 Å². The molecule has 0 radical (unpaired) electrons. The molecule has 0 spiro atoms. The first-order valence-corrected chi connectivity index (χ1v) is 9.14. The number of rotatable bonds is 0. The van der Waals surface area contributed by atoms with Crippen molar-refractivity contribution in [1.29, 1.82) is 0 Å². The van der Waals surface area contributed by atoms with E-state index in [0.717, 1.165) is 17.8 Å². The van der Waals surface area contributed by atoms with Gasteiger partial charge in [0.2, 0.25) is 0 Å². The summed E-state index contributed by atoms with van der Waals surface area (Å²) in [5.41, 5.74) is 2.59. The van der Waals surface area contributed by atoms with Gasteiger partial charge in [0.15, 0.2) is 0 Å². The van der Waals surface area contributed by atoms with Gasteiger partial charge >= 0.3 is 0 Å². The van der Waals surface area contributed by atoms with Gasteiger partial charge in [-0.1, -0.05) is 76.2 Å². The lowest BCUT2D eigenvalue weighted by Crippen LogP contribution is -2.63. The molecule has 3 saturated carbocycles. The SMILES string of the molecule is CC1C2C(C)C3(C)C(C)(C)C(C)(CC1(C)C)C2(C)C3(C)C. The van der Waals surface area contributed by atoms with E-state index in [1.165, 1.54) is 6.42 Å². The molecule has 0 amide bonds. The number of hydrogen-bond donors (Lipinski definition) is 0. The minimum Gasteiger partial charge on any atom is -0.0617 e. The van der Waals surface area contributed by atoms with Crippen LogP contribution in [-0.2, 0) is 0 Å². The highest BCUT2D eigenvalue weighted by molar-refractivity contribution is 5.34. The van der Waals surface area contributed by atoms with E-state index >= 15 is 0 Å². The molecule has 0 aliphatic heterocycles. The summed E-state index contributed by atoms with van der Waals surface area (Å²) in [6.07, 6.45) is 1.38. The first kappa shape index (κ1) is 15.9. The van der Waals surface area contributed by atoms with Gasteiger partial charge in [0.1, 0.15) is 0 Å². The summed E-state index contributed by atoms with van der Waals surface area (Å²) in [6, 6.07) is 0. The Balaban J connectivity index is 2.38. The Labute approximate surface area is 133 Å². The third-order valence-electron chi connectivity index (χ3n) is 11.1. The first-order chi connectivity index (χ1) is 9.14. The predicted molar refractivity (Wildman–Crippen MR) is 92.1 cm³/mol. The molecule has 2 bridgehead atoms. The second kappa shape index (κ2) is 3.41. The molecule has 0 aromatic heterocycles. The third-order valence-corrected chi connectivity index (χ3v) is 11.1. The Bertz CT molecular complexity index is 496. The zero-order valence-electron chi connectivity index (χ0n) is 16.4. The van der Waals surface area contributed by atoms with Crippen molar-refractivity contribution in [2.75, 3.05) is 0 Å². The summed E-state index contributed by atoms with van der Waals surface area (Å²) >= 11 is 0. The van der Waals surface area contributed by atoms with Crippen LogP contribution in [0.5, 0.6) is 0 Å². The van der Waals surface area contributed by atoms with Gasteiger partial charge in [-0.05, 0) is 56.7 Å². The molecule has 6 unspecified atom stereocenters. The topological polar surface area (TPSA) is 0 Å². The van der Waals surface area contributed by atoms with Crippen molar-refractivity contribution < 1.29 is 0 Å². The van der Waals surface area contributed by atoms with Crippen LogP contribution in [0.3, 0.4) is 0 Å². The van der Waals surface area contributed by atoms with Gasteiger partial charge in [-0.15, -0.1) is 0 Å². The van der Waals surface area contributed by atoms with Gasteiger partial charge in [0.05, 0.1) is 0 Å². The van der Waals surface area contributed by atoms with Crippen LogP contribution in [0.15, 0.2) is 0 Å². The fourth-order valence-electron chi connectivity index (χ4n) is 8.91. The van der Waals surface area contributed by atoms with E-state index in [4.69, 9.17) is 0 Å². The molecule has 3 aliphatic carbocycles. The summed E-state index contributed by atoms with van der Waals surface area (Å²) in [5.74, 6) is 2.50. The highest BCUT2D eigenvalue weighted by Crippen LogP contribution is 2.92. The molecule has 6 atom stereocenters. The van der Waals surface area contributed by atoms with Gasteiger partial charge in [-0.2, -0.15) is 0 Å². The number of fused-ring (bicyclic) bond motifs is 1. The van der Waals surface area contributed by atoms with Crippen molar-refractivity contribution in [3.8, 4) is 0 Å². The van der Waals surface area contributed by atoms with E-state index in [9.17, 15) is 0 Å². The van der Waals surface area contributed by atoms with Crippen LogP contribution in [0, 0.1) is 50.2 Å². The van der Waals surface area contributed by atoms with Crippen LogP contribution in [0.2, 0.25) is 0 Å². The highest BCUT2D eigenvalue weighted by Gasteiger charge is 2.87. The number of hydrogen-bond acceptors (Lipinski definition) is 0. The largest absolute Gasteiger partial charge is 0.0617 e. The lowest BCUT2D eigenvalue weighted by Gasteiger charge is -2.68. The fourth-order valence-corrected chi connectivity index (χ4v) is 8.91. The van der Waals surface area contributed by atoms with E-state index in [2.05, 4.69) is 76.2 Å².